The van der Waals surface area contributed by atoms with Gasteiger partial charge in [0.25, 0.3) is 0 Å². The zero-order valence-corrected chi connectivity index (χ0v) is 14.6. The van der Waals surface area contributed by atoms with Gasteiger partial charge in [0, 0.05) is 45.7 Å². The van der Waals surface area contributed by atoms with Gasteiger partial charge in [-0.05, 0) is 23.8 Å². The lowest BCUT2D eigenvalue weighted by atomic mass is 10.2. The zero-order chi connectivity index (χ0) is 16.5. The summed E-state index contributed by atoms with van der Waals surface area (Å²) in [6.07, 6.45) is 1.62. The molecule has 0 bridgehead atoms. The third-order valence-corrected chi connectivity index (χ3v) is 4.96. The first-order valence-corrected chi connectivity index (χ1v) is 9.82. The van der Waals surface area contributed by atoms with Crippen molar-refractivity contribution >= 4 is 28.6 Å². The Hall–Kier alpha value is -1.79. The van der Waals surface area contributed by atoms with Crippen molar-refractivity contribution in [1.29, 1.82) is 0 Å². The third kappa shape index (κ3) is 6.46. The second kappa shape index (κ2) is 9.37. The average Bonchev–Trinajstić information content (AvgIpc) is 2.55. The molecule has 2 aromatic carbocycles. The second-order valence-corrected chi connectivity index (χ2v) is 7.58. The molecular weight excluding hydrogens is 328 g/mol. The zero-order valence-electron chi connectivity index (χ0n) is 13.0. The maximum atomic E-state index is 11.7. The van der Waals surface area contributed by atoms with E-state index in [1.165, 1.54) is 0 Å². The minimum absolute atomic E-state index is 0.241. The standard InChI is InChI=1S/C17H20N2O2S2/c1-23(21)12-11-18-17(20)19-13-14-7-5-6-10-16(14)22-15-8-3-2-4-9-15/h2-10H,11-13H2,1H3,(H2,18,19,20)/t23-/m1/s1. The summed E-state index contributed by atoms with van der Waals surface area (Å²) in [7, 11) is -0.894. The first kappa shape index (κ1) is 17.6. The molecule has 2 N–H and O–H groups in total. The molecule has 0 unspecified atom stereocenters. The Morgan fingerprint density at radius 1 is 1.04 bits per heavy atom. The number of hydrogen-bond acceptors (Lipinski definition) is 3. The molecule has 0 radical (unpaired) electrons. The molecule has 0 saturated carbocycles. The monoisotopic (exact) mass is 348 g/mol. The molecule has 23 heavy (non-hydrogen) atoms. The molecular formula is C17H20N2O2S2. The number of carbonyl (C=O) groups is 1. The van der Waals surface area contributed by atoms with Crippen LogP contribution >= 0.6 is 11.8 Å². The van der Waals surface area contributed by atoms with Crippen molar-refractivity contribution in [2.24, 2.45) is 0 Å². The fourth-order valence-electron chi connectivity index (χ4n) is 1.91. The summed E-state index contributed by atoms with van der Waals surface area (Å²) in [6, 6.07) is 17.9. The van der Waals surface area contributed by atoms with Crippen LogP contribution in [0, 0.1) is 0 Å². The van der Waals surface area contributed by atoms with E-state index in [0.717, 1.165) is 15.4 Å². The number of nitrogens with one attached hydrogen (secondary N) is 2. The maximum Gasteiger partial charge on any atom is 0.315 e. The quantitative estimate of drug-likeness (QED) is 0.809. The average molecular weight is 348 g/mol. The Bertz CT molecular complexity index is 663. The van der Waals surface area contributed by atoms with Crippen molar-refractivity contribution in [3.8, 4) is 0 Å². The van der Waals surface area contributed by atoms with Gasteiger partial charge in [-0.3, -0.25) is 4.21 Å². The van der Waals surface area contributed by atoms with E-state index in [0.29, 0.717) is 18.8 Å². The number of amides is 2. The third-order valence-electron chi connectivity index (χ3n) is 3.06. The predicted molar refractivity (Wildman–Crippen MR) is 96.2 cm³/mol. The maximum absolute atomic E-state index is 11.7. The molecule has 4 nitrogen and oxygen atoms in total. The van der Waals surface area contributed by atoms with E-state index in [4.69, 9.17) is 0 Å². The van der Waals surface area contributed by atoms with Gasteiger partial charge in [0.2, 0.25) is 0 Å². The van der Waals surface area contributed by atoms with Crippen LogP contribution in [0.3, 0.4) is 0 Å². The van der Waals surface area contributed by atoms with Crippen LogP contribution in [0.5, 0.6) is 0 Å². The molecule has 0 spiro atoms. The van der Waals surface area contributed by atoms with Crippen LogP contribution in [-0.2, 0) is 17.3 Å². The van der Waals surface area contributed by atoms with Gasteiger partial charge in [0.05, 0.1) is 0 Å². The number of rotatable bonds is 7. The van der Waals surface area contributed by atoms with E-state index in [1.54, 1.807) is 18.0 Å². The van der Waals surface area contributed by atoms with Gasteiger partial charge >= 0.3 is 6.03 Å². The molecule has 0 aromatic heterocycles. The topological polar surface area (TPSA) is 58.2 Å². The normalized spacial score (nSPS) is 11.7. The van der Waals surface area contributed by atoms with Gasteiger partial charge in [-0.2, -0.15) is 0 Å². The van der Waals surface area contributed by atoms with Gasteiger partial charge < -0.3 is 10.6 Å². The van der Waals surface area contributed by atoms with Crippen LogP contribution in [0.2, 0.25) is 0 Å². The highest BCUT2D eigenvalue weighted by Gasteiger charge is 2.06. The largest absolute Gasteiger partial charge is 0.337 e. The molecule has 0 fully saturated rings. The first-order chi connectivity index (χ1) is 11.1. The molecule has 0 aliphatic heterocycles. The number of carbonyl (C=O) groups excluding carboxylic acids is 1. The van der Waals surface area contributed by atoms with Crippen molar-refractivity contribution in [2.75, 3.05) is 18.6 Å². The van der Waals surface area contributed by atoms with Gasteiger partial charge in [-0.1, -0.05) is 48.2 Å². The Labute approximate surface area is 143 Å². The smallest absolute Gasteiger partial charge is 0.315 e. The van der Waals surface area contributed by atoms with E-state index >= 15 is 0 Å². The van der Waals surface area contributed by atoms with Crippen LogP contribution in [0.4, 0.5) is 4.79 Å². The van der Waals surface area contributed by atoms with Crippen LogP contribution in [0.1, 0.15) is 5.56 Å². The summed E-state index contributed by atoms with van der Waals surface area (Å²) in [5.41, 5.74) is 1.07. The summed E-state index contributed by atoms with van der Waals surface area (Å²) >= 11 is 1.68. The minimum Gasteiger partial charge on any atom is -0.337 e. The van der Waals surface area contributed by atoms with Crippen molar-refractivity contribution in [2.45, 2.75) is 16.3 Å². The van der Waals surface area contributed by atoms with Crippen molar-refractivity contribution < 1.29 is 9.00 Å². The molecule has 122 valence electrons. The molecule has 0 saturated heterocycles. The van der Waals surface area contributed by atoms with E-state index < -0.39 is 10.8 Å². The molecule has 2 amide bonds. The Morgan fingerprint density at radius 3 is 2.48 bits per heavy atom. The van der Waals surface area contributed by atoms with E-state index in [-0.39, 0.29) is 6.03 Å². The predicted octanol–water partition coefficient (Wildman–Crippen LogP) is 3.02. The summed E-state index contributed by atoms with van der Waals surface area (Å²) in [5, 5.41) is 5.54. The highest BCUT2D eigenvalue weighted by molar-refractivity contribution is 7.99. The SMILES string of the molecule is C[S@@](=O)CCNC(=O)NCc1ccccc1Sc1ccccc1. The lowest BCUT2D eigenvalue weighted by Crippen LogP contribution is -2.37. The van der Waals surface area contributed by atoms with Crippen molar-refractivity contribution in [3.63, 3.8) is 0 Å². The first-order valence-electron chi connectivity index (χ1n) is 7.27. The van der Waals surface area contributed by atoms with Gasteiger partial charge in [-0.15, -0.1) is 0 Å². The van der Waals surface area contributed by atoms with Crippen molar-refractivity contribution in [3.05, 3.63) is 60.2 Å². The molecule has 1 atom stereocenters. The van der Waals surface area contributed by atoms with Crippen LogP contribution < -0.4 is 10.6 Å². The number of benzene rings is 2. The number of urea groups is 1. The lowest BCUT2D eigenvalue weighted by Gasteiger charge is -2.11. The van der Waals surface area contributed by atoms with Crippen LogP contribution in [0.25, 0.3) is 0 Å². The molecule has 2 rings (SSSR count). The summed E-state index contributed by atoms with van der Waals surface area (Å²) in [5.74, 6) is 0.466. The van der Waals surface area contributed by atoms with E-state index in [9.17, 15) is 9.00 Å². The molecule has 0 heterocycles. The summed E-state index contributed by atoms with van der Waals surface area (Å²) in [4.78, 5) is 14.0. The van der Waals surface area contributed by atoms with E-state index in [2.05, 4.69) is 22.8 Å². The lowest BCUT2D eigenvalue weighted by molar-refractivity contribution is 0.241. The highest BCUT2D eigenvalue weighted by atomic mass is 32.2. The van der Waals surface area contributed by atoms with Gasteiger partial charge in [-0.25, -0.2) is 4.79 Å². The Morgan fingerprint density at radius 2 is 1.74 bits per heavy atom. The summed E-state index contributed by atoms with van der Waals surface area (Å²) < 4.78 is 11.0. The van der Waals surface area contributed by atoms with Crippen molar-refractivity contribution in [1.82, 2.24) is 10.6 Å². The molecule has 2 aromatic rings. The Balaban J connectivity index is 1.90. The highest BCUT2D eigenvalue weighted by Crippen LogP contribution is 2.30. The molecule has 6 heteroatoms. The van der Waals surface area contributed by atoms with Crippen LogP contribution in [0.15, 0.2) is 64.4 Å². The second-order valence-electron chi connectivity index (χ2n) is 4.91. The van der Waals surface area contributed by atoms with E-state index in [1.807, 2.05) is 42.5 Å². The summed E-state index contributed by atoms with van der Waals surface area (Å²) in [6.45, 7) is 0.867. The van der Waals surface area contributed by atoms with Gasteiger partial charge in [0.15, 0.2) is 0 Å². The fraction of sp³-hybridized carbons (Fsp3) is 0.235. The minimum atomic E-state index is -0.894. The van der Waals surface area contributed by atoms with Gasteiger partial charge in [0.1, 0.15) is 0 Å². The Kier molecular flexibility index (Phi) is 7.16. The van der Waals surface area contributed by atoms with Crippen LogP contribution in [-0.4, -0.2) is 28.8 Å². The number of hydrogen-bond donors (Lipinski definition) is 2. The fourth-order valence-corrected chi connectivity index (χ4v) is 3.27. The molecule has 0 aliphatic carbocycles. The molecule has 0 aliphatic rings.